The number of rotatable bonds is 5. The van der Waals surface area contributed by atoms with Crippen LogP contribution in [0.2, 0.25) is 0 Å². The van der Waals surface area contributed by atoms with Crippen LogP contribution in [0, 0.1) is 13.8 Å². The van der Waals surface area contributed by atoms with E-state index in [-0.39, 0.29) is 0 Å². The highest BCUT2D eigenvalue weighted by Crippen LogP contribution is 2.23. The third-order valence-electron chi connectivity index (χ3n) is 3.31. The zero-order valence-electron chi connectivity index (χ0n) is 12.9. The highest BCUT2D eigenvalue weighted by atomic mass is 79.9. The number of hydrogen-bond acceptors (Lipinski definition) is 5. The molecule has 118 valence electrons. The summed E-state index contributed by atoms with van der Waals surface area (Å²) in [7, 11) is 0. The highest BCUT2D eigenvalue weighted by molar-refractivity contribution is 9.10. The Morgan fingerprint density at radius 2 is 2.00 bits per heavy atom. The molecular weight excluding hydrogens is 356 g/mol. The third-order valence-corrected chi connectivity index (χ3v) is 4.16. The Morgan fingerprint density at radius 1 is 1.13 bits per heavy atom. The molecule has 2 aromatic heterocycles. The summed E-state index contributed by atoms with van der Waals surface area (Å²) in [6, 6.07) is 11.7. The Balaban J connectivity index is 1.75. The van der Waals surface area contributed by atoms with Crippen molar-refractivity contribution in [3.63, 3.8) is 0 Å². The summed E-state index contributed by atoms with van der Waals surface area (Å²) < 4.78 is 6.36. The molecule has 2 N–H and O–H groups in total. The van der Waals surface area contributed by atoms with Crippen LogP contribution in [-0.2, 0) is 6.54 Å². The van der Waals surface area contributed by atoms with Crippen molar-refractivity contribution in [2.45, 2.75) is 20.4 Å². The molecule has 0 saturated heterocycles. The van der Waals surface area contributed by atoms with Crippen LogP contribution in [0.3, 0.4) is 0 Å². The van der Waals surface area contributed by atoms with E-state index in [2.05, 4.69) is 36.5 Å². The molecule has 5 nitrogen and oxygen atoms in total. The summed E-state index contributed by atoms with van der Waals surface area (Å²) in [5, 5.41) is 6.47. The fraction of sp³-hybridized carbons (Fsp3) is 0.176. The van der Waals surface area contributed by atoms with E-state index < -0.39 is 0 Å². The van der Waals surface area contributed by atoms with Crippen molar-refractivity contribution in [3.05, 3.63) is 64.2 Å². The minimum atomic E-state index is 0.558. The van der Waals surface area contributed by atoms with Gasteiger partial charge in [-0.25, -0.2) is 4.98 Å². The van der Waals surface area contributed by atoms with Gasteiger partial charge < -0.3 is 15.1 Å². The van der Waals surface area contributed by atoms with E-state index in [1.807, 2.05) is 50.2 Å². The van der Waals surface area contributed by atoms with Crippen LogP contribution in [0.15, 0.2) is 51.6 Å². The molecule has 0 atom stereocenters. The normalized spacial score (nSPS) is 10.6. The van der Waals surface area contributed by atoms with Gasteiger partial charge in [0.15, 0.2) is 0 Å². The predicted octanol–water partition coefficient (Wildman–Crippen LogP) is 4.80. The van der Waals surface area contributed by atoms with Crippen LogP contribution in [0.4, 0.5) is 17.5 Å². The number of aromatic nitrogens is 2. The molecule has 0 spiro atoms. The molecular formula is C17H17BrN4O. The van der Waals surface area contributed by atoms with Crippen molar-refractivity contribution in [1.82, 2.24) is 9.97 Å². The number of nitrogens with one attached hydrogen (secondary N) is 2. The Kier molecular flexibility index (Phi) is 4.62. The molecule has 3 aromatic rings. The van der Waals surface area contributed by atoms with Gasteiger partial charge in [-0.3, -0.25) is 0 Å². The average molecular weight is 373 g/mol. The zero-order chi connectivity index (χ0) is 16.2. The van der Waals surface area contributed by atoms with E-state index in [9.17, 15) is 0 Å². The molecule has 1 aromatic carbocycles. The summed E-state index contributed by atoms with van der Waals surface area (Å²) >= 11 is 3.53. The van der Waals surface area contributed by atoms with E-state index in [0.717, 1.165) is 27.4 Å². The molecule has 0 unspecified atom stereocenters. The second-order valence-electron chi connectivity index (χ2n) is 5.24. The zero-order valence-corrected chi connectivity index (χ0v) is 14.5. The van der Waals surface area contributed by atoms with E-state index in [0.29, 0.717) is 12.5 Å². The molecule has 2 heterocycles. The Bertz CT molecular complexity index is 802. The van der Waals surface area contributed by atoms with E-state index in [1.165, 1.54) is 5.56 Å². The molecule has 3 rings (SSSR count). The minimum absolute atomic E-state index is 0.558. The number of nitrogens with zero attached hydrogens (tertiary/aromatic N) is 2. The lowest BCUT2D eigenvalue weighted by Crippen LogP contribution is -2.05. The van der Waals surface area contributed by atoms with Gasteiger partial charge in [0.05, 0.1) is 12.8 Å². The molecule has 0 aliphatic heterocycles. The maximum Gasteiger partial charge on any atom is 0.229 e. The van der Waals surface area contributed by atoms with Gasteiger partial charge in [0.25, 0.3) is 0 Å². The van der Waals surface area contributed by atoms with Gasteiger partial charge in [0.1, 0.15) is 11.6 Å². The first-order valence-electron chi connectivity index (χ1n) is 7.25. The predicted molar refractivity (Wildman–Crippen MR) is 95.0 cm³/mol. The van der Waals surface area contributed by atoms with Gasteiger partial charge in [0, 0.05) is 21.9 Å². The van der Waals surface area contributed by atoms with Gasteiger partial charge in [-0.15, -0.1) is 0 Å². The van der Waals surface area contributed by atoms with Crippen molar-refractivity contribution < 1.29 is 4.42 Å². The lowest BCUT2D eigenvalue weighted by molar-refractivity contribution is 0.518. The molecule has 0 amide bonds. The van der Waals surface area contributed by atoms with Crippen LogP contribution >= 0.6 is 15.9 Å². The molecule has 0 bridgehead atoms. The first-order valence-corrected chi connectivity index (χ1v) is 8.04. The second kappa shape index (κ2) is 6.83. The summed E-state index contributed by atoms with van der Waals surface area (Å²) in [4.78, 5) is 8.92. The van der Waals surface area contributed by atoms with E-state index >= 15 is 0 Å². The lowest BCUT2D eigenvalue weighted by atomic mass is 10.2. The highest BCUT2D eigenvalue weighted by Gasteiger charge is 2.05. The summed E-state index contributed by atoms with van der Waals surface area (Å²) in [5.74, 6) is 2.17. The Morgan fingerprint density at radius 3 is 2.74 bits per heavy atom. The van der Waals surface area contributed by atoms with Crippen molar-refractivity contribution in [2.75, 3.05) is 10.6 Å². The SMILES string of the molecule is Cc1cc(NCc2ccco2)nc(Nc2ccc(C)c(Br)c2)n1. The molecule has 0 radical (unpaired) electrons. The fourth-order valence-electron chi connectivity index (χ4n) is 2.11. The lowest BCUT2D eigenvalue weighted by Gasteiger charge is -2.10. The van der Waals surface area contributed by atoms with Gasteiger partial charge in [-0.1, -0.05) is 22.0 Å². The number of benzene rings is 1. The molecule has 0 aliphatic rings. The molecule has 0 aliphatic carbocycles. The number of aryl methyl sites for hydroxylation is 2. The monoisotopic (exact) mass is 372 g/mol. The number of furan rings is 1. The molecule has 6 heteroatoms. The maximum absolute atomic E-state index is 5.31. The maximum atomic E-state index is 5.31. The van der Waals surface area contributed by atoms with Gasteiger partial charge >= 0.3 is 0 Å². The standard InChI is InChI=1S/C17H17BrN4O/c1-11-5-6-13(9-15(11)18)21-17-20-12(2)8-16(22-17)19-10-14-4-3-7-23-14/h3-9H,10H2,1-2H3,(H2,19,20,21,22). The van der Waals surface area contributed by atoms with Gasteiger partial charge in [-0.05, 0) is 43.7 Å². The van der Waals surface area contributed by atoms with Crippen LogP contribution in [0.25, 0.3) is 0 Å². The first kappa shape index (κ1) is 15.6. The van der Waals surface area contributed by atoms with Crippen molar-refractivity contribution >= 4 is 33.4 Å². The van der Waals surface area contributed by atoms with Crippen molar-refractivity contribution in [3.8, 4) is 0 Å². The minimum Gasteiger partial charge on any atom is -0.467 e. The molecule has 0 fully saturated rings. The fourth-order valence-corrected chi connectivity index (χ4v) is 2.48. The summed E-state index contributed by atoms with van der Waals surface area (Å²) in [6.45, 7) is 4.57. The number of halogens is 1. The Labute approximate surface area is 143 Å². The average Bonchev–Trinajstić information content (AvgIpc) is 3.02. The van der Waals surface area contributed by atoms with Crippen LogP contribution < -0.4 is 10.6 Å². The molecule has 0 saturated carbocycles. The van der Waals surface area contributed by atoms with Crippen LogP contribution in [0.5, 0.6) is 0 Å². The first-order chi connectivity index (χ1) is 11.1. The van der Waals surface area contributed by atoms with E-state index in [1.54, 1.807) is 6.26 Å². The van der Waals surface area contributed by atoms with Crippen molar-refractivity contribution in [2.24, 2.45) is 0 Å². The van der Waals surface area contributed by atoms with Gasteiger partial charge in [0.2, 0.25) is 5.95 Å². The summed E-state index contributed by atoms with van der Waals surface area (Å²) in [5.41, 5.74) is 3.00. The summed E-state index contributed by atoms with van der Waals surface area (Å²) in [6.07, 6.45) is 1.66. The number of hydrogen-bond donors (Lipinski definition) is 2. The Hall–Kier alpha value is -2.34. The van der Waals surface area contributed by atoms with Crippen LogP contribution in [-0.4, -0.2) is 9.97 Å². The van der Waals surface area contributed by atoms with Crippen LogP contribution in [0.1, 0.15) is 17.0 Å². The molecule has 23 heavy (non-hydrogen) atoms. The van der Waals surface area contributed by atoms with Gasteiger partial charge in [-0.2, -0.15) is 4.98 Å². The quantitative estimate of drug-likeness (QED) is 0.672. The topological polar surface area (TPSA) is 63.0 Å². The smallest absolute Gasteiger partial charge is 0.229 e. The second-order valence-corrected chi connectivity index (χ2v) is 6.09. The third kappa shape index (κ3) is 4.10. The largest absolute Gasteiger partial charge is 0.467 e. The van der Waals surface area contributed by atoms with Crippen molar-refractivity contribution in [1.29, 1.82) is 0 Å². The number of anilines is 3. The van der Waals surface area contributed by atoms with E-state index in [4.69, 9.17) is 4.42 Å².